The van der Waals surface area contributed by atoms with Crippen LogP contribution in [0.3, 0.4) is 0 Å². The SMILES string of the molecule is COc1ccc(CNC(=O)c2nc(C)n(-c3ccc(Cl)cc3)n2)c(OC)c1. The minimum atomic E-state index is -0.372. The lowest BCUT2D eigenvalue weighted by molar-refractivity contribution is 0.0940. The number of benzene rings is 2. The molecule has 0 aliphatic heterocycles. The molecule has 1 N–H and O–H groups in total. The molecule has 0 fully saturated rings. The lowest BCUT2D eigenvalue weighted by atomic mass is 10.2. The summed E-state index contributed by atoms with van der Waals surface area (Å²) in [5.74, 6) is 1.63. The molecule has 1 amide bonds. The van der Waals surface area contributed by atoms with Gasteiger partial charge < -0.3 is 14.8 Å². The Morgan fingerprint density at radius 3 is 2.56 bits per heavy atom. The van der Waals surface area contributed by atoms with Crippen molar-refractivity contribution in [3.63, 3.8) is 0 Å². The molecule has 0 saturated carbocycles. The summed E-state index contributed by atoms with van der Waals surface area (Å²) in [6.07, 6.45) is 0. The van der Waals surface area contributed by atoms with E-state index >= 15 is 0 Å². The topological polar surface area (TPSA) is 78.3 Å². The van der Waals surface area contributed by atoms with Crippen LogP contribution in [-0.4, -0.2) is 34.9 Å². The summed E-state index contributed by atoms with van der Waals surface area (Å²) in [6, 6.07) is 12.5. The third-order valence-corrected chi connectivity index (χ3v) is 4.23. The van der Waals surface area contributed by atoms with Crippen LogP contribution < -0.4 is 14.8 Å². The largest absolute Gasteiger partial charge is 0.497 e. The molecule has 0 saturated heterocycles. The van der Waals surface area contributed by atoms with E-state index in [1.807, 2.05) is 24.3 Å². The van der Waals surface area contributed by atoms with Gasteiger partial charge in [0.2, 0.25) is 5.82 Å². The van der Waals surface area contributed by atoms with Gasteiger partial charge in [-0.2, -0.15) is 0 Å². The number of halogens is 1. The number of hydrogen-bond acceptors (Lipinski definition) is 5. The van der Waals surface area contributed by atoms with E-state index in [4.69, 9.17) is 21.1 Å². The molecule has 0 radical (unpaired) electrons. The molecule has 0 aliphatic carbocycles. The highest BCUT2D eigenvalue weighted by molar-refractivity contribution is 6.30. The number of amides is 1. The normalized spacial score (nSPS) is 10.5. The zero-order valence-corrected chi connectivity index (χ0v) is 15.9. The number of aromatic nitrogens is 3. The first-order valence-corrected chi connectivity index (χ1v) is 8.58. The predicted molar refractivity (Wildman–Crippen MR) is 102 cm³/mol. The van der Waals surface area contributed by atoms with Crippen LogP contribution in [0.1, 0.15) is 22.0 Å². The Morgan fingerprint density at radius 1 is 1.15 bits per heavy atom. The summed E-state index contributed by atoms with van der Waals surface area (Å²) in [6.45, 7) is 2.06. The average Bonchev–Trinajstić information content (AvgIpc) is 3.08. The molecule has 1 aromatic heterocycles. The molecule has 0 bridgehead atoms. The standard InChI is InChI=1S/C19H19ClN4O3/c1-12-22-18(23-24(12)15-7-5-14(20)6-8-15)19(25)21-11-13-4-9-16(26-2)10-17(13)27-3/h4-10H,11H2,1-3H3,(H,21,25). The van der Waals surface area contributed by atoms with Gasteiger partial charge >= 0.3 is 0 Å². The van der Waals surface area contributed by atoms with Crippen LogP contribution in [-0.2, 0) is 6.54 Å². The van der Waals surface area contributed by atoms with Crippen LogP contribution in [0.2, 0.25) is 5.02 Å². The zero-order valence-electron chi connectivity index (χ0n) is 15.2. The number of carbonyl (C=O) groups is 1. The molecular weight excluding hydrogens is 368 g/mol. The number of ether oxygens (including phenoxy) is 2. The number of carbonyl (C=O) groups excluding carboxylic acids is 1. The summed E-state index contributed by atoms with van der Waals surface area (Å²) in [4.78, 5) is 16.7. The van der Waals surface area contributed by atoms with Crippen molar-refractivity contribution >= 4 is 17.5 Å². The van der Waals surface area contributed by atoms with E-state index in [0.29, 0.717) is 22.3 Å². The number of nitrogens with zero attached hydrogens (tertiary/aromatic N) is 3. The first-order chi connectivity index (χ1) is 13.0. The van der Waals surface area contributed by atoms with Crippen LogP contribution in [0.25, 0.3) is 5.69 Å². The Labute approximate surface area is 161 Å². The number of hydrogen-bond donors (Lipinski definition) is 1. The first kappa shape index (κ1) is 18.7. The first-order valence-electron chi connectivity index (χ1n) is 8.20. The second-order valence-electron chi connectivity index (χ2n) is 5.73. The highest BCUT2D eigenvalue weighted by atomic mass is 35.5. The van der Waals surface area contributed by atoms with Gasteiger partial charge in [-0.15, -0.1) is 5.10 Å². The maximum absolute atomic E-state index is 12.5. The quantitative estimate of drug-likeness (QED) is 0.704. The molecule has 0 unspecified atom stereocenters. The summed E-state index contributed by atoms with van der Waals surface area (Å²) in [5.41, 5.74) is 1.60. The summed E-state index contributed by atoms with van der Waals surface area (Å²) in [7, 11) is 3.15. The molecule has 3 aromatic rings. The lowest BCUT2D eigenvalue weighted by Crippen LogP contribution is -2.24. The van der Waals surface area contributed by atoms with Crippen molar-refractivity contribution in [1.82, 2.24) is 20.1 Å². The smallest absolute Gasteiger partial charge is 0.291 e. The van der Waals surface area contributed by atoms with Gasteiger partial charge in [0, 0.05) is 23.2 Å². The molecular formula is C19H19ClN4O3. The number of nitrogens with one attached hydrogen (secondary N) is 1. The van der Waals surface area contributed by atoms with Gasteiger partial charge in [-0.25, -0.2) is 9.67 Å². The van der Waals surface area contributed by atoms with E-state index in [1.54, 1.807) is 44.0 Å². The zero-order chi connectivity index (χ0) is 19.4. The van der Waals surface area contributed by atoms with E-state index in [2.05, 4.69) is 15.4 Å². The summed E-state index contributed by atoms with van der Waals surface area (Å²) in [5, 5.41) is 7.73. The Kier molecular flexibility index (Phi) is 5.61. The molecule has 0 atom stereocenters. The fourth-order valence-electron chi connectivity index (χ4n) is 2.57. The van der Waals surface area contributed by atoms with Gasteiger partial charge in [0.05, 0.1) is 19.9 Å². The van der Waals surface area contributed by atoms with Crippen LogP contribution in [0.15, 0.2) is 42.5 Å². The third kappa shape index (κ3) is 4.20. The van der Waals surface area contributed by atoms with E-state index in [9.17, 15) is 4.79 Å². The Bertz CT molecular complexity index is 954. The molecule has 140 valence electrons. The molecule has 27 heavy (non-hydrogen) atoms. The van der Waals surface area contributed by atoms with Gasteiger partial charge in [0.25, 0.3) is 5.91 Å². The van der Waals surface area contributed by atoms with E-state index in [1.165, 1.54) is 0 Å². The molecule has 1 heterocycles. The lowest BCUT2D eigenvalue weighted by Gasteiger charge is -2.10. The van der Waals surface area contributed by atoms with Gasteiger partial charge in [0.1, 0.15) is 17.3 Å². The van der Waals surface area contributed by atoms with Crippen LogP contribution >= 0.6 is 11.6 Å². The van der Waals surface area contributed by atoms with Crippen molar-refractivity contribution in [2.75, 3.05) is 14.2 Å². The van der Waals surface area contributed by atoms with Crippen LogP contribution in [0.5, 0.6) is 11.5 Å². The summed E-state index contributed by atoms with van der Waals surface area (Å²) >= 11 is 5.91. The van der Waals surface area contributed by atoms with Crippen molar-refractivity contribution in [1.29, 1.82) is 0 Å². The maximum atomic E-state index is 12.5. The van der Waals surface area contributed by atoms with Gasteiger partial charge in [-0.3, -0.25) is 4.79 Å². The number of aryl methyl sites for hydroxylation is 1. The van der Waals surface area contributed by atoms with Crippen LogP contribution in [0.4, 0.5) is 0 Å². The maximum Gasteiger partial charge on any atom is 0.291 e. The fraction of sp³-hybridized carbons (Fsp3) is 0.211. The number of methoxy groups -OCH3 is 2. The van der Waals surface area contributed by atoms with E-state index < -0.39 is 0 Å². The summed E-state index contributed by atoms with van der Waals surface area (Å²) < 4.78 is 12.1. The Balaban J connectivity index is 1.74. The van der Waals surface area contributed by atoms with Crippen molar-refractivity contribution in [2.24, 2.45) is 0 Å². The minimum Gasteiger partial charge on any atom is -0.497 e. The predicted octanol–water partition coefficient (Wildman–Crippen LogP) is 3.18. The average molecular weight is 387 g/mol. The van der Waals surface area contributed by atoms with Crippen molar-refractivity contribution in [3.8, 4) is 17.2 Å². The van der Waals surface area contributed by atoms with Crippen molar-refractivity contribution < 1.29 is 14.3 Å². The second-order valence-corrected chi connectivity index (χ2v) is 6.17. The molecule has 0 spiro atoms. The Hall–Kier alpha value is -3.06. The molecule has 7 nitrogen and oxygen atoms in total. The Morgan fingerprint density at radius 2 is 1.89 bits per heavy atom. The van der Waals surface area contributed by atoms with Crippen molar-refractivity contribution in [2.45, 2.75) is 13.5 Å². The highest BCUT2D eigenvalue weighted by Crippen LogP contribution is 2.24. The molecule has 8 heteroatoms. The van der Waals surface area contributed by atoms with Gasteiger partial charge in [-0.05, 0) is 43.3 Å². The third-order valence-electron chi connectivity index (χ3n) is 3.98. The monoisotopic (exact) mass is 386 g/mol. The molecule has 3 rings (SSSR count). The number of rotatable bonds is 6. The van der Waals surface area contributed by atoms with E-state index in [0.717, 1.165) is 11.3 Å². The van der Waals surface area contributed by atoms with E-state index in [-0.39, 0.29) is 18.3 Å². The fourth-order valence-corrected chi connectivity index (χ4v) is 2.69. The minimum absolute atomic E-state index is 0.0925. The molecule has 2 aromatic carbocycles. The molecule has 0 aliphatic rings. The van der Waals surface area contributed by atoms with Crippen LogP contribution in [0, 0.1) is 6.92 Å². The second kappa shape index (κ2) is 8.09. The van der Waals surface area contributed by atoms with Gasteiger partial charge in [-0.1, -0.05) is 11.6 Å². The van der Waals surface area contributed by atoms with Crippen molar-refractivity contribution in [3.05, 3.63) is 64.7 Å². The highest BCUT2D eigenvalue weighted by Gasteiger charge is 2.16. The van der Waals surface area contributed by atoms with Gasteiger partial charge in [0.15, 0.2) is 0 Å².